The lowest BCUT2D eigenvalue weighted by Crippen LogP contribution is -2.24. The summed E-state index contributed by atoms with van der Waals surface area (Å²) in [5, 5.41) is 6.70. The Morgan fingerprint density at radius 1 is 1.50 bits per heavy atom. The van der Waals surface area contributed by atoms with Crippen molar-refractivity contribution in [3.8, 4) is 0 Å². The van der Waals surface area contributed by atoms with E-state index in [-0.39, 0.29) is 11.6 Å². The first kappa shape index (κ1) is 12.1. The fraction of sp³-hybridized carbons (Fsp3) is 0.167. The first-order chi connectivity index (χ1) is 8.58. The lowest BCUT2D eigenvalue weighted by molar-refractivity contribution is 0.0950. The van der Waals surface area contributed by atoms with Crippen LogP contribution in [-0.2, 0) is 13.6 Å². The molecule has 0 spiro atoms. The third kappa shape index (κ3) is 2.48. The number of amides is 1. The van der Waals surface area contributed by atoms with Crippen molar-refractivity contribution in [2.75, 3.05) is 5.73 Å². The summed E-state index contributed by atoms with van der Waals surface area (Å²) in [7, 11) is 1.79. The molecule has 1 heterocycles. The van der Waals surface area contributed by atoms with E-state index in [0.29, 0.717) is 12.1 Å². The zero-order valence-corrected chi connectivity index (χ0v) is 9.85. The molecular formula is C12H13FN4O. The van der Waals surface area contributed by atoms with Gasteiger partial charge in [0.1, 0.15) is 5.82 Å². The number of nitrogens with one attached hydrogen (secondary N) is 1. The first-order valence-corrected chi connectivity index (χ1v) is 5.38. The summed E-state index contributed by atoms with van der Waals surface area (Å²) in [6.07, 6.45) is 1.65. The number of carbonyl (C=O) groups excluding carboxylic acids is 1. The molecule has 2 aromatic rings. The molecule has 0 radical (unpaired) electrons. The van der Waals surface area contributed by atoms with E-state index in [2.05, 4.69) is 10.4 Å². The third-order valence-electron chi connectivity index (χ3n) is 2.61. The predicted molar refractivity (Wildman–Crippen MR) is 65.2 cm³/mol. The molecule has 94 valence electrons. The number of carbonyl (C=O) groups is 1. The maximum absolute atomic E-state index is 13.0. The largest absolute Gasteiger partial charge is 0.396 e. The minimum absolute atomic E-state index is 0.0387. The van der Waals surface area contributed by atoms with Gasteiger partial charge in [-0.25, -0.2) is 4.39 Å². The zero-order valence-electron chi connectivity index (χ0n) is 9.85. The van der Waals surface area contributed by atoms with Crippen LogP contribution >= 0.6 is 0 Å². The second-order valence-corrected chi connectivity index (χ2v) is 3.87. The van der Waals surface area contributed by atoms with E-state index in [9.17, 15) is 9.18 Å². The number of aryl methyl sites for hydroxylation is 1. The highest BCUT2D eigenvalue weighted by Crippen LogP contribution is 2.12. The Kier molecular flexibility index (Phi) is 3.27. The van der Waals surface area contributed by atoms with Crippen molar-refractivity contribution in [3.05, 3.63) is 47.5 Å². The van der Waals surface area contributed by atoms with Crippen molar-refractivity contribution in [1.29, 1.82) is 0 Å². The van der Waals surface area contributed by atoms with Crippen LogP contribution in [0.2, 0.25) is 0 Å². The highest BCUT2D eigenvalue weighted by atomic mass is 19.1. The maximum atomic E-state index is 13.0. The van der Waals surface area contributed by atoms with E-state index >= 15 is 0 Å². The minimum Gasteiger partial charge on any atom is -0.396 e. The van der Waals surface area contributed by atoms with Gasteiger partial charge in [-0.05, 0) is 24.3 Å². The normalized spacial score (nSPS) is 10.3. The van der Waals surface area contributed by atoms with Gasteiger partial charge in [0.25, 0.3) is 5.91 Å². The van der Waals surface area contributed by atoms with Crippen LogP contribution in [0.5, 0.6) is 0 Å². The van der Waals surface area contributed by atoms with E-state index < -0.39 is 5.82 Å². The molecule has 0 fully saturated rings. The zero-order chi connectivity index (χ0) is 13.1. The second kappa shape index (κ2) is 4.87. The Bertz CT molecular complexity index is 579. The van der Waals surface area contributed by atoms with Crippen molar-refractivity contribution in [2.24, 2.45) is 7.05 Å². The molecule has 1 amide bonds. The molecule has 0 saturated carbocycles. The van der Waals surface area contributed by atoms with Gasteiger partial charge in [-0.1, -0.05) is 0 Å². The smallest absolute Gasteiger partial charge is 0.251 e. The number of hydrogen-bond acceptors (Lipinski definition) is 3. The van der Waals surface area contributed by atoms with Gasteiger partial charge in [-0.2, -0.15) is 5.10 Å². The predicted octanol–water partition coefficient (Wildman–Crippen LogP) is 1.07. The van der Waals surface area contributed by atoms with E-state index in [0.717, 1.165) is 5.69 Å². The molecular weight excluding hydrogens is 235 g/mol. The van der Waals surface area contributed by atoms with Crippen molar-refractivity contribution in [1.82, 2.24) is 15.1 Å². The minimum atomic E-state index is -0.529. The number of rotatable bonds is 3. The molecule has 0 aliphatic carbocycles. The van der Waals surface area contributed by atoms with Gasteiger partial charge < -0.3 is 11.1 Å². The van der Waals surface area contributed by atoms with Crippen molar-refractivity contribution in [2.45, 2.75) is 6.54 Å². The molecule has 0 unspecified atom stereocenters. The summed E-state index contributed by atoms with van der Waals surface area (Å²) in [5.74, 6) is -0.832. The Morgan fingerprint density at radius 3 is 2.89 bits per heavy atom. The molecule has 3 N–H and O–H groups in total. The van der Waals surface area contributed by atoms with Crippen LogP contribution in [0.1, 0.15) is 16.1 Å². The molecule has 0 aliphatic rings. The molecule has 0 aliphatic heterocycles. The van der Waals surface area contributed by atoms with Gasteiger partial charge in [0.05, 0.1) is 17.9 Å². The Labute approximate surface area is 103 Å². The van der Waals surface area contributed by atoms with Crippen molar-refractivity contribution >= 4 is 11.6 Å². The van der Waals surface area contributed by atoms with Crippen LogP contribution in [0.4, 0.5) is 10.1 Å². The van der Waals surface area contributed by atoms with E-state index in [1.54, 1.807) is 24.0 Å². The number of anilines is 1. The van der Waals surface area contributed by atoms with Gasteiger partial charge in [0.2, 0.25) is 0 Å². The molecule has 5 nitrogen and oxygen atoms in total. The molecule has 0 saturated heterocycles. The number of nitrogens with zero attached hydrogens (tertiary/aromatic N) is 2. The molecule has 6 heteroatoms. The summed E-state index contributed by atoms with van der Waals surface area (Å²) in [6.45, 7) is 0.354. The third-order valence-corrected chi connectivity index (χ3v) is 2.61. The fourth-order valence-electron chi connectivity index (χ4n) is 1.53. The Morgan fingerprint density at radius 2 is 2.28 bits per heavy atom. The fourth-order valence-corrected chi connectivity index (χ4v) is 1.53. The summed E-state index contributed by atoms with van der Waals surface area (Å²) < 4.78 is 14.6. The Hall–Kier alpha value is -2.37. The standard InChI is InChI=1S/C12H13FN4O/c1-17-9(4-5-16-17)7-15-12(18)8-2-3-10(13)11(14)6-8/h2-6H,7,14H2,1H3,(H,15,18). The highest BCUT2D eigenvalue weighted by Gasteiger charge is 2.08. The molecule has 1 aromatic carbocycles. The van der Waals surface area contributed by atoms with Crippen molar-refractivity contribution < 1.29 is 9.18 Å². The highest BCUT2D eigenvalue weighted by molar-refractivity contribution is 5.94. The van der Waals surface area contributed by atoms with Crippen molar-refractivity contribution in [3.63, 3.8) is 0 Å². The van der Waals surface area contributed by atoms with Crippen LogP contribution in [-0.4, -0.2) is 15.7 Å². The molecule has 0 bridgehead atoms. The quantitative estimate of drug-likeness (QED) is 0.798. The number of hydrogen-bond donors (Lipinski definition) is 2. The monoisotopic (exact) mass is 248 g/mol. The van der Waals surface area contributed by atoms with Crippen LogP contribution in [0, 0.1) is 5.82 Å². The van der Waals surface area contributed by atoms with Gasteiger partial charge in [0, 0.05) is 18.8 Å². The lowest BCUT2D eigenvalue weighted by atomic mass is 10.2. The number of nitrogens with two attached hydrogens (primary N) is 1. The van der Waals surface area contributed by atoms with Crippen LogP contribution < -0.4 is 11.1 Å². The number of nitrogen functional groups attached to an aromatic ring is 1. The summed E-state index contributed by atoms with van der Waals surface area (Å²) in [4.78, 5) is 11.8. The molecule has 2 rings (SSSR count). The second-order valence-electron chi connectivity index (χ2n) is 3.87. The summed E-state index contributed by atoms with van der Waals surface area (Å²) in [6, 6.07) is 5.69. The number of benzene rings is 1. The lowest BCUT2D eigenvalue weighted by Gasteiger charge is -2.06. The number of halogens is 1. The van der Waals surface area contributed by atoms with E-state index in [1.807, 2.05) is 0 Å². The van der Waals surface area contributed by atoms with Crippen LogP contribution in [0.15, 0.2) is 30.5 Å². The van der Waals surface area contributed by atoms with Gasteiger partial charge >= 0.3 is 0 Å². The SMILES string of the molecule is Cn1nccc1CNC(=O)c1ccc(F)c(N)c1. The molecule has 0 atom stereocenters. The molecule has 1 aromatic heterocycles. The summed E-state index contributed by atoms with van der Waals surface area (Å²) in [5.41, 5.74) is 6.57. The topological polar surface area (TPSA) is 72.9 Å². The van der Waals surface area contributed by atoms with Crippen LogP contribution in [0.3, 0.4) is 0 Å². The molecule has 18 heavy (non-hydrogen) atoms. The van der Waals surface area contributed by atoms with Gasteiger partial charge in [-0.3, -0.25) is 9.48 Å². The average Bonchev–Trinajstić information content (AvgIpc) is 2.75. The Balaban J connectivity index is 2.04. The van der Waals surface area contributed by atoms with E-state index in [4.69, 9.17) is 5.73 Å². The first-order valence-electron chi connectivity index (χ1n) is 5.38. The van der Waals surface area contributed by atoms with Gasteiger partial charge in [0.15, 0.2) is 0 Å². The van der Waals surface area contributed by atoms with Crippen LogP contribution in [0.25, 0.3) is 0 Å². The van der Waals surface area contributed by atoms with Gasteiger partial charge in [-0.15, -0.1) is 0 Å². The van der Waals surface area contributed by atoms with E-state index in [1.165, 1.54) is 18.2 Å². The number of aromatic nitrogens is 2. The average molecular weight is 248 g/mol. The summed E-state index contributed by atoms with van der Waals surface area (Å²) >= 11 is 0. The maximum Gasteiger partial charge on any atom is 0.251 e.